The topological polar surface area (TPSA) is 98.7 Å². The summed E-state index contributed by atoms with van der Waals surface area (Å²) in [5, 5.41) is 14.0. The van der Waals surface area contributed by atoms with E-state index in [2.05, 4.69) is 10.6 Å². The fraction of sp³-hybridized carbons (Fsp3) is 0.400. The Labute approximate surface area is 128 Å². The largest absolute Gasteiger partial charge is 0.481 e. The molecule has 22 heavy (non-hydrogen) atoms. The average Bonchev–Trinajstić information content (AvgIpc) is 2.89. The summed E-state index contributed by atoms with van der Waals surface area (Å²) in [6.45, 7) is 3.26. The summed E-state index contributed by atoms with van der Waals surface area (Å²) in [4.78, 5) is 36.0. The number of anilines is 1. The molecule has 1 aromatic rings. The van der Waals surface area contributed by atoms with Gasteiger partial charge in [-0.25, -0.2) is 4.79 Å². The van der Waals surface area contributed by atoms with E-state index in [0.717, 1.165) is 5.56 Å². The van der Waals surface area contributed by atoms with Crippen molar-refractivity contribution in [2.45, 2.75) is 19.8 Å². The van der Waals surface area contributed by atoms with Crippen LogP contribution >= 0.6 is 0 Å². The molecule has 7 heteroatoms. The smallest absolute Gasteiger partial charge is 0.322 e. The molecule has 118 valence electrons. The molecule has 0 saturated carbocycles. The number of aliphatic carboxylic acids is 1. The summed E-state index contributed by atoms with van der Waals surface area (Å²) in [6.07, 6.45) is 0.404. The third-order valence-electron chi connectivity index (χ3n) is 3.55. The highest BCUT2D eigenvalue weighted by Gasteiger charge is 2.24. The Morgan fingerprint density at radius 2 is 2.18 bits per heavy atom. The minimum Gasteiger partial charge on any atom is -0.481 e. The highest BCUT2D eigenvalue weighted by Crippen LogP contribution is 2.24. The lowest BCUT2D eigenvalue weighted by Gasteiger charge is -2.19. The number of benzene rings is 1. The second-order valence-electron chi connectivity index (χ2n) is 5.09. The number of carbonyl (C=O) groups excluding carboxylic acids is 2. The quantitative estimate of drug-likeness (QED) is 0.686. The Morgan fingerprint density at radius 1 is 1.41 bits per heavy atom. The third-order valence-corrected chi connectivity index (χ3v) is 3.55. The lowest BCUT2D eigenvalue weighted by atomic mass is 10.1. The van der Waals surface area contributed by atoms with E-state index >= 15 is 0 Å². The van der Waals surface area contributed by atoms with Gasteiger partial charge in [-0.05, 0) is 31.0 Å². The van der Waals surface area contributed by atoms with Crippen molar-refractivity contribution in [3.8, 4) is 0 Å². The highest BCUT2D eigenvalue weighted by molar-refractivity contribution is 6.00. The zero-order valence-electron chi connectivity index (χ0n) is 12.4. The van der Waals surface area contributed by atoms with E-state index in [1.54, 1.807) is 30.0 Å². The highest BCUT2D eigenvalue weighted by atomic mass is 16.4. The Kier molecular flexibility index (Phi) is 4.98. The second-order valence-corrected chi connectivity index (χ2v) is 5.09. The van der Waals surface area contributed by atoms with Crippen LogP contribution in [0.4, 0.5) is 10.5 Å². The number of nitrogens with one attached hydrogen (secondary N) is 2. The van der Waals surface area contributed by atoms with Crippen molar-refractivity contribution >= 4 is 23.6 Å². The van der Waals surface area contributed by atoms with Crippen LogP contribution in [0.25, 0.3) is 0 Å². The van der Waals surface area contributed by atoms with Crippen LogP contribution in [0.15, 0.2) is 18.2 Å². The van der Waals surface area contributed by atoms with Crippen LogP contribution < -0.4 is 15.5 Å². The Hall–Kier alpha value is -2.57. The van der Waals surface area contributed by atoms with Crippen molar-refractivity contribution in [3.05, 3.63) is 29.3 Å². The van der Waals surface area contributed by atoms with Crippen LogP contribution in [-0.2, 0) is 4.79 Å². The van der Waals surface area contributed by atoms with E-state index in [1.807, 2.05) is 0 Å². The standard InChI is InChI=1S/C15H19N3O4/c1-10-11(14(21)16-7-3-6-13(19)20)4-2-5-12(10)18-9-8-17-15(18)22/h2,4-5H,3,6-9H2,1H3,(H,16,21)(H,17,22)(H,19,20). The van der Waals surface area contributed by atoms with E-state index < -0.39 is 5.97 Å². The lowest BCUT2D eigenvalue weighted by Crippen LogP contribution is -2.30. The fourth-order valence-electron chi connectivity index (χ4n) is 2.40. The molecule has 1 aromatic carbocycles. The van der Waals surface area contributed by atoms with Gasteiger partial charge in [0.05, 0.1) is 0 Å². The number of hydrogen-bond acceptors (Lipinski definition) is 3. The summed E-state index contributed by atoms with van der Waals surface area (Å²) in [5.41, 5.74) is 1.94. The minimum absolute atomic E-state index is 0.0211. The van der Waals surface area contributed by atoms with Crippen LogP contribution in [0, 0.1) is 6.92 Å². The molecule has 0 bridgehead atoms. The molecule has 1 heterocycles. The molecule has 1 aliphatic rings. The molecule has 3 amide bonds. The number of urea groups is 1. The monoisotopic (exact) mass is 305 g/mol. The number of rotatable bonds is 6. The summed E-state index contributed by atoms with van der Waals surface area (Å²) >= 11 is 0. The Balaban J connectivity index is 2.06. The van der Waals surface area contributed by atoms with Gasteiger partial charge in [-0.1, -0.05) is 6.07 Å². The van der Waals surface area contributed by atoms with Crippen molar-refractivity contribution in [2.75, 3.05) is 24.5 Å². The molecule has 0 spiro atoms. The first-order valence-electron chi connectivity index (χ1n) is 7.15. The summed E-state index contributed by atoms with van der Waals surface area (Å²) in [6, 6.07) is 5.07. The van der Waals surface area contributed by atoms with Crippen LogP contribution in [0.2, 0.25) is 0 Å². The SMILES string of the molecule is Cc1c(C(=O)NCCCC(=O)O)cccc1N1CCNC1=O. The van der Waals surface area contributed by atoms with Crippen molar-refractivity contribution < 1.29 is 19.5 Å². The van der Waals surface area contributed by atoms with Gasteiger partial charge in [0.2, 0.25) is 0 Å². The van der Waals surface area contributed by atoms with Gasteiger partial charge in [0.1, 0.15) is 0 Å². The molecular formula is C15H19N3O4. The minimum atomic E-state index is -0.882. The summed E-state index contributed by atoms with van der Waals surface area (Å²) < 4.78 is 0. The van der Waals surface area contributed by atoms with E-state index in [9.17, 15) is 14.4 Å². The van der Waals surface area contributed by atoms with Gasteiger partial charge < -0.3 is 15.7 Å². The van der Waals surface area contributed by atoms with Crippen molar-refractivity contribution in [1.82, 2.24) is 10.6 Å². The van der Waals surface area contributed by atoms with Crippen molar-refractivity contribution in [1.29, 1.82) is 0 Å². The number of hydrogen-bond donors (Lipinski definition) is 3. The molecule has 0 atom stereocenters. The van der Waals surface area contributed by atoms with Gasteiger partial charge in [0.15, 0.2) is 0 Å². The maximum Gasteiger partial charge on any atom is 0.322 e. The van der Waals surface area contributed by atoms with Crippen LogP contribution in [0.3, 0.4) is 0 Å². The molecule has 0 radical (unpaired) electrons. The van der Waals surface area contributed by atoms with Gasteiger partial charge >= 0.3 is 12.0 Å². The molecule has 7 nitrogen and oxygen atoms in total. The van der Waals surface area contributed by atoms with Crippen LogP contribution in [0.5, 0.6) is 0 Å². The van der Waals surface area contributed by atoms with Gasteiger partial charge in [-0.2, -0.15) is 0 Å². The average molecular weight is 305 g/mol. The zero-order chi connectivity index (χ0) is 16.1. The van der Waals surface area contributed by atoms with Crippen molar-refractivity contribution in [2.24, 2.45) is 0 Å². The van der Waals surface area contributed by atoms with Crippen LogP contribution in [0.1, 0.15) is 28.8 Å². The molecule has 0 unspecified atom stereocenters. The summed E-state index contributed by atoms with van der Waals surface area (Å²) in [5.74, 6) is -1.14. The normalized spacial score (nSPS) is 13.9. The molecule has 0 aromatic heterocycles. The first-order chi connectivity index (χ1) is 10.5. The van der Waals surface area contributed by atoms with Gasteiger partial charge in [-0.3, -0.25) is 14.5 Å². The molecule has 1 saturated heterocycles. The van der Waals surface area contributed by atoms with E-state index in [4.69, 9.17) is 5.11 Å². The van der Waals surface area contributed by atoms with Gasteiger partial charge in [-0.15, -0.1) is 0 Å². The first-order valence-corrected chi connectivity index (χ1v) is 7.15. The van der Waals surface area contributed by atoms with Crippen LogP contribution in [-0.4, -0.2) is 42.6 Å². The molecule has 0 aliphatic carbocycles. The van der Waals surface area contributed by atoms with Crippen molar-refractivity contribution in [3.63, 3.8) is 0 Å². The molecule has 3 N–H and O–H groups in total. The summed E-state index contributed by atoms with van der Waals surface area (Å²) in [7, 11) is 0. The second kappa shape index (κ2) is 6.93. The van der Waals surface area contributed by atoms with Gasteiger partial charge in [0.25, 0.3) is 5.91 Å². The Morgan fingerprint density at radius 3 is 2.82 bits per heavy atom. The number of carboxylic acids is 1. The maximum absolute atomic E-state index is 12.2. The van der Waals surface area contributed by atoms with E-state index in [0.29, 0.717) is 37.3 Å². The zero-order valence-corrected chi connectivity index (χ0v) is 12.4. The predicted octanol–water partition coefficient (Wildman–Crippen LogP) is 1.12. The first kappa shape index (κ1) is 15.8. The molecule has 2 rings (SSSR count). The molecular weight excluding hydrogens is 286 g/mol. The number of nitrogens with zero attached hydrogens (tertiary/aromatic N) is 1. The van der Waals surface area contributed by atoms with E-state index in [1.165, 1.54) is 0 Å². The molecule has 1 aliphatic heterocycles. The number of carboxylic acid groups (broad SMARTS) is 1. The van der Waals surface area contributed by atoms with E-state index in [-0.39, 0.29) is 18.4 Å². The van der Waals surface area contributed by atoms with Gasteiger partial charge in [0, 0.05) is 37.3 Å². The number of carbonyl (C=O) groups is 3. The Bertz CT molecular complexity index is 600. The fourth-order valence-corrected chi connectivity index (χ4v) is 2.40. The lowest BCUT2D eigenvalue weighted by molar-refractivity contribution is -0.137. The number of amides is 3. The molecule has 1 fully saturated rings. The third kappa shape index (κ3) is 3.55. The predicted molar refractivity (Wildman–Crippen MR) is 81.1 cm³/mol. The maximum atomic E-state index is 12.2.